The molecule has 10 nitrogen and oxygen atoms in total. The number of nitrogens with zero attached hydrogens (tertiary/aromatic N) is 4. The number of hydrogen-bond donors (Lipinski definition) is 3. The maximum absolute atomic E-state index is 15.1. The van der Waals surface area contributed by atoms with Crippen LogP contribution >= 0.6 is 11.6 Å². The Balaban J connectivity index is 1.36. The highest BCUT2D eigenvalue weighted by Gasteiger charge is 2.24. The van der Waals surface area contributed by atoms with E-state index in [1.807, 2.05) is 26.8 Å². The van der Waals surface area contributed by atoms with Gasteiger partial charge in [0.25, 0.3) is 0 Å². The molecule has 40 heavy (non-hydrogen) atoms. The van der Waals surface area contributed by atoms with E-state index in [1.54, 1.807) is 42.6 Å². The maximum Gasteiger partial charge on any atom is 0.315 e. The van der Waals surface area contributed by atoms with Gasteiger partial charge in [0.05, 0.1) is 0 Å². The first-order valence-corrected chi connectivity index (χ1v) is 12.9. The molecule has 3 heterocycles. The number of rotatable bonds is 7. The molecule has 0 unspecified atom stereocenters. The minimum atomic E-state index is -0.585. The summed E-state index contributed by atoms with van der Waals surface area (Å²) in [5, 5.41) is 9.16. The number of aromatic nitrogens is 5. The monoisotopic (exact) mass is 561 g/mol. The number of anilines is 1. The number of alkyl halides is 1. The normalized spacial score (nSPS) is 11.5. The van der Waals surface area contributed by atoms with Crippen LogP contribution in [0.4, 0.5) is 10.1 Å². The van der Waals surface area contributed by atoms with Gasteiger partial charge in [0.2, 0.25) is 5.91 Å². The highest BCUT2D eigenvalue weighted by Crippen LogP contribution is 2.30. The van der Waals surface area contributed by atoms with E-state index in [9.17, 15) is 9.59 Å². The molecular formula is C28H25ClFN7O3. The summed E-state index contributed by atoms with van der Waals surface area (Å²) >= 11 is 5.59. The summed E-state index contributed by atoms with van der Waals surface area (Å²) in [6.45, 7) is 5.64. The lowest BCUT2D eigenvalue weighted by Gasteiger charge is -2.10. The molecule has 204 valence electrons. The zero-order chi connectivity index (χ0) is 28.4. The summed E-state index contributed by atoms with van der Waals surface area (Å²) in [6, 6.07) is 13.6. The van der Waals surface area contributed by atoms with E-state index in [0.29, 0.717) is 39.6 Å². The van der Waals surface area contributed by atoms with Crippen LogP contribution in [0, 0.1) is 5.82 Å². The minimum absolute atomic E-state index is 0.0624. The first-order chi connectivity index (χ1) is 19.1. The molecule has 0 bridgehead atoms. The number of imidazole rings is 1. The molecule has 0 spiro atoms. The summed E-state index contributed by atoms with van der Waals surface area (Å²) in [4.78, 5) is 40.5. The number of carbonyl (C=O) groups excluding carboxylic acids is 2. The summed E-state index contributed by atoms with van der Waals surface area (Å²) in [5.74, 6) is -0.790. The Hall–Kier alpha value is -4.64. The molecule has 2 aromatic carbocycles. The molecule has 12 heteroatoms. The molecule has 5 rings (SSSR count). The van der Waals surface area contributed by atoms with E-state index in [4.69, 9.17) is 21.1 Å². The van der Waals surface area contributed by atoms with Crippen molar-refractivity contribution in [1.29, 1.82) is 0 Å². The van der Waals surface area contributed by atoms with Gasteiger partial charge in [0.1, 0.15) is 23.0 Å². The number of H-pyrrole nitrogens is 1. The fourth-order valence-corrected chi connectivity index (χ4v) is 4.02. The van der Waals surface area contributed by atoms with E-state index in [-0.39, 0.29) is 35.2 Å². The summed E-state index contributed by atoms with van der Waals surface area (Å²) in [7, 11) is 0. The Morgan fingerprint density at radius 2 is 1.90 bits per heavy atom. The number of nitrogens with one attached hydrogen (secondary N) is 3. The van der Waals surface area contributed by atoms with Crippen LogP contribution in [0.2, 0.25) is 0 Å². The molecule has 0 saturated heterocycles. The summed E-state index contributed by atoms with van der Waals surface area (Å²) < 4.78 is 20.2. The number of carbonyl (C=O) groups is 2. The Labute approximate surface area is 233 Å². The van der Waals surface area contributed by atoms with Crippen LogP contribution in [0.3, 0.4) is 0 Å². The van der Waals surface area contributed by atoms with Gasteiger partial charge in [0, 0.05) is 40.5 Å². The number of pyridine rings is 1. The molecule has 0 saturated carbocycles. The van der Waals surface area contributed by atoms with Gasteiger partial charge in [0.15, 0.2) is 11.5 Å². The Kier molecular flexibility index (Phi) is 7.31. The predicted octanol–water partition coefficient (Wildman–Crippen LogP) is 5.22. The third-order valence-corrected chi connectivity index (χ3v) is 6.26. The number of amides is 2. The van der Waals surface area contributed by atoms with Crippen molar-refractivity contribution in [3.05, 3.63) is 77.8 Å². The van der Waals surface area contributed by atoms with Crippen molar-refractivity contribution in [2.75, 3.05) is 11.2 Å². The van der Waals surface area contributed by atoms with Gasteiger partial charge in [-0.15, -0.1) is 11.6 Å². The van der Waals surface area contributed by atoms with E-state index in [2.05, 4.69) is 30.7 Å². The van der Waals surface area contributed by atoms with Crippen molar-refractivity contribution in [3.63, 3.8) is 0 Å². The third kappa shape index (κ3) is 5.69. The summed E-state index contributed by atoms with van der Waals surface area (Å²) in [5.41, 5.74) is 3.56. The topological polar surface area (TPSA) is 139 Å². The first kappa shape index (κ1) is 26.9. The molecule has 0 atom stereocenters. The zero-order valence-corrected chi connectivity index (χ0v) is 22.6. The summed E-state index contributed by atoms with van der Waals surface area (Å²) in [6.07, 6.45) is 1.61. The Morgan fingerprint density at radius 1 is 1.07 bits per heavy atom. The SMILES string of the molecule is CC(C)(C)c1noc(C(=O)NCc2ccc(-c3ccnc4[nH]c(-c5cccc(NC(=O)CCl)c5)nc34)cc2F)n1. The highest BCUT2D eigenvalue weighted by atomic mass is 35.5. The van der Waals surface area contributed by atoms with E-state index in [0.717, 1.165) is 5.56 Å². The molecule has 3 N–H and O–H groups in total. The van der Waals surface area contributed by atoms with Crippen LogP contribution in [-0.4, -0.2) is 42.8 Å². The second-order valence-corrected chi connectivity index (χ2v) is 10.3. The number of halogens is 2. The van der Waals surface area contributed by atoms with Crippen LogP contribution in [0.1, 0.15) is 42.8 Å². The van der Waals surface area contributed by atoms with Crippen molar-refractivity contribution in [2.24, 2.45) is 0 Å². The second-order valence-electron chi connectivity index (χ2n) is 10.1. The zero-order valence-electron chi connectivity index (χ0n) is 21.9. The Morgan fingerprint density at radius 3 is 2.62 bits per heavy atom. The van der Waals surface area contributed by atoms with Crippen molar-refractivity contribution in [1.82, 2.24) is 30.4 Å². The van der Waals surface area contributed by atoms with Gasteiger partial charge in [-0.1, -0.05) is 50.2 Å². The fraction of sp³-hybridized carbons (Fsp3) is 0.214. The van der Waals surface area contributed by atoms with Crippen LogP contribution in [0.15, 0.2) is 59.3 Å². The number of fused-ring (bicyclic) bond motifs is 1. The average Bonchev–Trinajstić information content (AvgIpc) is 3.60. The van der Waals surface area contributed by atoms with Gasteiger partial charge in [-0.2, -0.15) is 4.98 Å². The van der Waals surface area contributed by atoms with Crippen molar-refractivity contribution in [3.8, 4) is 22.5 Å². The highest BCUT2D eigenvalue weighted by molar-refractivity contribution is 6.29. The quantitative estimate of drug-likeness (QED) is 0.231. The smallest absolute Gasteiger partial charge is 0.315 e. The van der Waals surface area contributed by atoms with Gasteiger partial charge < -0.3 is 20.1 Å². The second kappa shape index (κ2) is 10.9. The van der Waals surface area contributed by atoms with Gasteiger partial charge in [-0.25, -0.2) is 14.4 Å². The van der Waals surface area contributed by atoms with Crippen molar-refractivity contribution >= 4 is 40.3 Å². The molecule has 3 aromatic heterocycles. The fourth-order valence-electron chi connectivity index (χ4n) is 3.95. The van der Waals surface area contributed by atoms with E-state index < -0.39 is 11.7 Å². The van der Waals surface area contributed by atoms with Gasteiger partial charge in [-0.05, 0) is 29.8 Å². The first-order valence-electron chi connectivity index (χ1n) is 12.3. The largest absolute Gasteiger partial charge is 0.344 e. The number of aromatic amines is 1. The lowest BCUT2D eigenvalue weighted by molar-refractivity contribution is -0.113. The van der Waals surface area contributed by atoms with Crippen molar-refractivity contribution in [2.45, 2.75) is 32.7 Å². The van der Waals surface area contributed by atoms with Crippen LogP contribution in [-0.2, 0) is 16.8 Å². The molecule has 2 amide bonds. The van der Waals surface area contributed by atoms with Crippen molar-refractivity contribution < 1.29 is 18.5 Å². The number of benzene rings is 2. The average molecular weight is 562 g/mol. The molecule has 0 radical (unpaired) electrons. The molecular weight excluding hydrogens is 537 g/mol. The van der Waals surface area contributed by atoms with E-state index in [1.165, 1.54) is 6.07 Å². The molecule has 0 aliphatic rings. The molecule has 0 fully saturated rings. The lowest BCUT2D eigenvalue weighted by Crippen LogP contribution is -2.24. The molecule has 0 aliphatic carbocycles. The third-order valence-electron chi connectivity index (χ3n) is 6.02. The minimum Gasteiger partial charge on any atom is -0.344 e. The van der Waals surface area contributed by atoms with Crippen LogP contribution in [0.5, 0.6) is 0 Å². The maximum atomic E-state index is 15.1. The van der Waals surface area contributed by atoms with Gasteiger partial charge >= 0.3 is 11.8 Å². The van der Waals surface area contributed by atoms with E-state index >= 15 is 4.39 Å². The molecule has 0 aliphatic heterocycles. The lowest BCUT2D eigenvalue weighted by atomic mass is 9.96. The van der Waals surface area contributed by atoms with Crippen LogP contribution in [0.25, 0.3) is 33.7 Å². The van der Waals surface area contributed by atoms with Crippen LogP contribution < -0.4 is 10.6 Å². The predicted molar refractivity (Wildman–Crippen MR) is 148 cm³/mol. The standard InChI is InChI=1S/C28H25ClFN7O3/c1-28(2,3)27-36-26(40-37-27)25(39)32-14-17-8-7-15(12-20(17)30)19-9-10-31-24-22(19)34-23(35-24)16-5-4-6-18(11-16)33-21(38)13-29/h4-12H,13-14H2,1-3H3,(H,32,39)(H,33,38)(H,31,34,35). The number of hydrogen-bond acceptors (Lipinski definition) is 7. The van der Waals surface area contributed by atoms with Gasteiger partial charge in [-0.3, -0.25) is 9.59 Å². The molecule has 5 aromatic rings. The Bertz CT molecular complexity index is 1720.